The molecule has 102 valence electrons. The van der Waals surface area contributed by atoms with E-state index < -0.39 is 0 Å². The number of para-hydroxylation sites is 1. The van der Waals surface area contributed by atoms with Crippen molar-refractivity contribution in [3.05, 3.63) is 44.4 Å². The van der Waals surface area contributed by atoms with Crippen molar-refractivity contribution < 1.29 is 9.53 Å². The maximum absolute atomic E-state index is 12.3. The highest BCUT2D eigenvalue weighted by Crippen LogP contribution is 2.53. The second-order valence-corrected chi connectivity index (χ2v) is 7.40. The van der Waals surface area contributed by atoms with Crippen LogP contribution in [0.5, 0.6) is 5.75 Å². The molecule has 0 unspecified atom stereocenters. The minimum absolute atomic E-state index is 0.0632. The molecule has 0 saturated heterocycles. The van der Waals surface area contributed by atoms with E-state index in [-0.39, 0.29) is 27.9 Å². The molecule has 2 aromatic rings. The summed E-state index contributed by atoms with van der Waals surface area (Å²) in [5.41, 5.74) is 1.00. The fourth-order valence-electron chi connectivity index (χ4n) is 2.98. The van der Waals surface area contributed by atoms with Crippen LogP contribution in [0.3, 0.4) is 0 Å². The van der Waals surface area contributed by atoms with E-state index in [0.29, 0.717) is 5.75 Å². The Morgan fingerprint density at radius 3 is 2.90 bits per heavy atom. The molecule has 20 heavy (non-hydrogen) atoms. The summed E-state index contributed by atoms with van der Waals surface area (Å²) < 4.78 is 5.46. The number of nitrogens with one attached hydrogen (secondary N) is 1. The van der Waals surface area contributed by atoms with Crippen molar-refractivity contribution in [2.75, 3.05) is 0 Å². The number of carbonyl (C=O) groups is 1. The number of benzene rings is 1. The molecule has 3 atom stereocenters. The van der Waals surface area contributed by atoms with E-state index in [2.05, 4.69) is 4.98 Å². The van der Waals surface area contributed by atoms with Crippen LogP contribution < -0.4 is 9.61 Å². The van der Waals surface area contributed by atoms with Gasteiger partial charge in [-0.3, -0.25) is 9.59 Å². The Hall–Kier alpha value is -1.53. The van der Waals surface area contributed by atoms with Crippen LogP contribution in [0.4, 0.5) is 0 Å². The lowest BCUT2D eigenvalue weighted by Gasteiger charge is -2.37. The number of H-pyrrole nitrogens is 1. The van der Waals surface area contributed by atoms with Crippen molar-refractivity contribution in [1.82, 2.24) is 4.98 Å². The Labute approximate surface area is 123 Å². The Balaban J connectivity index is 1.99. The number of fused-ring (bicyclic) bond motifs is 5. The molecule has 0 saturated carbocycles. The molecule has 3 heterocycles. The molecule has 0 spiro atoms. The Morgan fingerprint density at radius 1 is 1.25 bits per heavy atom. The standard InChI is InChI=1S/C14H11NO3S2/c1-6-9-10(11-12(19-6)15-14(17)20-11)7-4-2-3-5-8(7)18-13(9)16/h2-6,9-10H,1H3,(H,15,17)/t6-,9+,10-/m0/s1. The highest BCUT2D eigenvalue weighted by Gasteiger charge is 2.47. The molecule has 0 aliphatic carbocycles. The number of carbonyl (C=O) groups excluding carboxylic acids is 1. The van der Waals surface area contributed by atoms with Gasteiger partial charge in [0, 0.05) is 21.6 Å². The third-order valence-corrected chi connectivity index (χ3v) is 6.15. The number of aromatic nitrogens is 1. The monoisotopic (exact) mass is 305 g/mol. The van der Waals surface area contributed by atoms with Gasteiger partial charge in [-0.05, 0) is 6.07 Å². The third kappa shape index (κ3) is 1.61. The van der Waals surface area contributed by atoms with Gasteiger partial charge in [0.1, 0.15) is 5.75 Å². The zero-order valence-corrected chi connectivity index (χ0v) is 12.2. The summed E-state index contributed by atoms with van der Waals surface area (Å²) in [6, 6.07) is 7.59. The first-order chi connectivity index (χ1) is 9.65. The lowest BCUT2D eigenvalue weighted by Crippen LogP contribution is -2.39. The minimum Gasteiger partial charge on any atom is -0.426 e. The van der Waals surface area contributed by atoms with Gasteiger partial charge in [0.25, 0.3) is 0 Å². The molecule has 1 aromatic heterocycles. The van der Waals surface area contributed by atoms with E-state index in [4.69, 9.17) is 4.74 Å². The number of esters is 1. The summed E-state index contributed by atoms with van der Waals surface area (Å²) in [6.45, 7) is 2.01. The third-order valence-electron chi connectivity index (χ3n) is 3.83. The minimum atomic E-state index is -0.228. The van der Waals surface area contributed by atoms with Crippen LogP contribution in [0.2, 0.25) is 0 Å². The first kappa shape index (κ1) is 12.2. The van der Waals surface area contributed by atoms with Crippen LogP contribution in [0.25, 0.3) is 0 Å². The quantitative estimate of drug-likeness (QED) is 0.600. The topological polar surface area (TPSA) is 59.2 Å². The fourth-order valence-corrected chi connectivity index (χ4v) is 5.39. The second kappa shape index (κ2) is 4.23. The fraction of sp³-hybridized carbons (Fsp3) is 0.286. The molecule has 0 fully saturated rings. The van der Waals surface area contributed by atoms with Gasteiger partial charge in [0.05, 0.1) is 10.9 Å². The average molecular weight is 305 g/mol. The van der Waals surface area contributed by atoms with Crippen molar-refractivity contribution >= 4 is 29.1 Å². The lowest BCUT2D eigenvalue weighted by molar-refractivity contribution is -0.140. The van der Waals surface area contributed by atoms with Crippen LogP contribution in [0, 0.1) is 5.92 Å². The van der Waals surface area contributed by atoms with Gasteiger partial charge < -0.3 is 9.72 Å². The Kier molecular flexibility index (Phi) is 2.59. The van der Waals surface area contributed by atoms with E-state index in [9.17, 15) is 9.59 Å². The smallest absolute Gasteiger partial charge is 0.316 e. The first-order valence-corrected chi connectivity index (χ1v) is 8.05. The summed E-state index contributed by atoms with van der Waals surface area (Å²) in [5, 5.41) is 0.983. The van der Waals surface area contributed by atoms with Gasteiger partial charge in [-0.2, -0.15) is 0 Å². The van der Waals surface area contributed by atoms with E-state index in [0.717, 1.165) is 15.5 Å². The summed E-state index contributed by atoms with van der Waals surface area (Å²) >= 11 is 2.75. The average Bonchev–Trinajstić information content (AvgIpc) is 2.78. The second-order valence-electron chi connectivity index (χ2n) is 4.99. The van der Waals surface area contributed by atoms with Crippen LogP contribution in [-0.4, -0.2) is 16.2 Å². The highest BCUT2D eigenvalue weighted by molar-refractivity contribution is 8.00. The Morgan fingerprint density at radius 2 is 2.05 bits per heavy atom. The van der Waals surface area contributed by atoms with Crippen LogP contribution in [0.1, 0.15) is 23.3 Å². The maximum Gasteiger partial charge on any atom is 0.316 e. The van der Waals surface area contributed by atoms with Crippen LogP contribution >= 0.6 is 23.1 Å². The van der Waals surface area contributed by atoms with Gasteiger partial charge in [0.2, 0.25) is 0 Å². The van der Waals surface area contributed by atoms with E-state index >= 15 is 0 Å². The van der Waals surface area contributed by atoms with E-state index in [1.54, 1.807) is 11.8 Å². The van der Waals surface area contributed by atoms with Crippen molar-refractivity contribution in [1.29, 1.82) is 0 Å². The normalized spacial score (nSPS) is 27.2. The molecular weight excluding hydrogens is 294 g/mol. The highest BCUT2D eigenvalue weighted by atomic mass is 32.2. The largest absolute Gasteiger partial charge is 0.426 e. The van der Waals surface area contributed by atoms with E-state index in [1.807, 2.05) is 31.2 Å². The van der Waals surface area contributed by atoms with Crippen LogP contribution in [0.15, 0.2) is 34.1 Å². The van der Waals surface area contributed by atoms with E-state index in [1.165, 1.54) is 11.3 Å². The molecule has 2 aliphatic rings. The zero-order chi connectivity index (χ0) is 13.9. The first-order valence-electron chi connectivity index (χ1n) is 6.35. The summed E-state index contributed by atoms with van der Waals surface area (Å²) in [4.78, 5) is 27.7. The summed E-state index contributed by atoms with van der Waals surface area (Å²) in [6.07, 6.45) is 0. The molecule has 4 rings (SSSR count). The number of thiazole rings is 1. The molecule has 0 radical (unpaired) electrons. The lowest BCUT2D eigenvalue weighted by atomic mass is 9.80. The summed E-state index contributed by atoms with van der Waals surface area (Å²) in [5.74, 6) is 0.126. The van der Waals surface area contributed by atoms with Crippen LogP contribution in [-0.2, 0) is 4.79 Å². The molecule has 0 bridgehead atoms. The van der Waals surface area contributed by atoms with Crippen molar-refractivity contribution in [2.45, 2.75) is 23.1 Å². The van der Waals surface area contributed by atoms with Gasteiger partial charge in [-0.1, -0.05) is 36.5 Å². The van der Waals surface area contributed by atoms with Gasteiger partial charge in [-0.25, -0.2) is 0 Å². The van der Waals surface area contributed by atoms with Gasteiger partial charge >= 0.3 is 10.8 Å². The molecule has 6 heteroatoms. The van der Waals surface area contributed by atoms with Crippen molar-refractivity contribution in [2.24, 2.45) is 5.92 Å². The van der Waals surface area contributed by atoms with Crippen molar-refractivity contribution in [3.63, 3.8) is 0 Å². The Bertz CT molecular complexity index is 764. The number of hydrogen-bond donors (Lipinski definition) is 1. The molecule has 1 aromatic carbocycles. The molecule has 2 aliphatic heterocycles. The molecule has 0 amide bonds. The zero-order valence-electron chi connectivity index (χ0n) is 10.6. The predicted octanol–water partition coefficient (Wildman–Crippen LogP) is 2.60. The number of aromatic amines is 1. The number of rotatable bonds is 0. The number of thioether (sulfide) groups is 1. The number of ether oxygens (including phenoxy) is 1. The van der Waals surface area contributed by atoms with Crippen molar-refractivity contribution in [3.8, 4) is 5.75 Å². The summed E-state index contributed by atoms with van der Waals surface area (Å²) in [7, 11) is 0. The molecule has 1 N–H and O–H groups in total. The molecular formula is C14H11NO3S2. The molecule has 4 nitrogen and oxygen atoms in total. The number of hydrogen-bond acceptors (Lipinski definition) is 5. The van der Waals surface area contributed by atoms with Gasteiger partial charge in [0.15, 0.2) is 0 Å². The predicted molar refractivity (Wildman–Crippen MR) is 77.7 cm³/mol. The van der Waals surface area contributed by atoms with Gasteiger partial charge in [-0.15, -0.1) is 11.8 Å². The maximum atomic E-state index is 12.3. The SMILES string of the molecule is C[C@@H]1Sc2[nH]c(=O)sc2[C@H]2c3ccccc3OC(=O)[C@@H]21.